The van der Waals surface area contributed by atoms with E-state index < -0.39 is 12.1 Å². The predicted octanol–water partition coefficient (Wildman–Crippen LogP) is 3.13. The molecule has 0 radical (unpaired) electrons. The van der Waals surface area contributed by atoms with E-state index in [1.165, 1.54) is 19.1 Å². The Morgan fingerprint density at radius 2 is 1.93 bits per heavy atom. The maximum Gasteiger partial charge on any atom is 0.573 e. The SMILES string of the molecule is Cc1ccc(N)c(Cl)c1OC(F)(F)F. The van der Waals surface area contributed by atoms with Gasteiger partial charge in [-0.2, -0.15) is 0 Å². The van der Waals surface area contributed by atoms with Crippen molar-refractivity contribution >= 4 is 17.3 Å². The Kier molecular flexibility index (Phi) is 2.80. The Morgan fingerprint density at radius 3 is 2.43 bits per heavy atom. The Hall–Kier alpha value is -1.10. The molecule has 0 aliphatic heterocycles. The summed E-state index contributed by atoms with van der Waals surface area (Å²) in [6, 6.07) is 2.82. The fourth-order valence-corrected chi connectivity index (χ4v) is 1.16. The van der Waals surface area contributed by atoms with Gasteiger partial charge >= 0.3 is 6.36 Å². The van der Waals surface area contributed by atoms with Crippen molar-refractivity contribution in [2.24, 2.45) is 0 Å². The largest absolute Gasteiger partial charge is 0.573 e. The third kappa shape index (κ3) is 2.45. The molecule has 78 valence electrons. The fraction of sp³-hybridized carbons (Fsp3) is 0.250. The number of halogens is 4. The standard InChI is InChI=1S/C8H7ClF3NO/c1-4-2-3-5(13)6(9)7(4)14-8(10,11)12/h2-3H,13H2,1H3. The van der Waals surface area contributed by atoms with Gasteiger partial charge in [0.25, 0.3) is 0 Å². The molecule has 0 atom stereocenters. The summed E-state index contributed by atoms with van der Waals surface area (Å²) in [7, 11) is 0. The van der Waals surface area contributed by atoms with Crippen molar-refractivity contribution in [1.82, 2.24) is 0 Å². The van der Waals surface area contributed by atoms with Crippen LogP contribution >= 0.6 is 11.6 Å². The molecule has 0 fully saturated rings. The molecule has 0 aliphatic rings. The van der Waals surface area contributed by atoms with Crippen LogP contribution < -0.4 is 10.5 Å². The first-order valence-corrected chi connectivity index (χ1v) is 3.99. The van der Waals surface area contributed by atoms with Gasteiger partial charge in [-0.15, -0.1) is 13.2 Å². The smallest absolute Gasteiger partial charge is 0.404 e. The number of alkyl halides is 3. The van der Waals surface area contributed by atoms with Crippen LogP contribution in [0.2, 0.25) is 5.02 Å². The van der Waals surface area contributed by atoms with Crippen LogP contribution in [0, 0.1) is 6.92 Å². The number of hydrogen-bond acceptors (Lipinski definition) is 2. The first kappa shape index (κ1) is 11.0. The van der Waals surface area contributed by atoms with Crippen molar-refractivity contribution in [1.29, 1.82) is 0 Å². The summed E-state index contributed by atoms with van der Waals surface area (Å²) in [4.78, 5) is 0. The molecule has 0 bridgehead atoms. The van der Waals surface area contributed by atoms with Crippen LogP contribution in [-0.2, 0) is 0 Å². The van der Waals surface area contributed by atoms with Gasteiger partial charge in [0.1, 0.15) is 5.02 Å². The van der Waals surface area contributed by atoms with Gasteiger partial charge in [0.15, 0.2) is 5.75 Å². The molecule has 1 aromatic rings. The van der Waals surface area contributed by atoms with Gasteiger partial charge in [-0.25, -0.2) is 0 Å². The molecule has 1 aromatic carbocycles. The molecule has 0 saturated carbocycles. The van der Waals surface area contributed by atoms with Crippen LogP contribution in [-0.4, -0.2) is 6.36 Å². The van der Waals surface area contributed by atoms with Crippen LogP contribution in [0.25, 0.3) is 0 Å². The van der Waals surface area contributed by atoms with E-state index in [2.05, 4.69) is 4.74 Å². The first-order valence-electron chi connectivity index (χ1n) is 3.61. The molecule has 0 unspecified atom stereocenters. The van der Waals surface area contributed by atoms with Crippen molar-refractivity contribution in [3.05, 3.63) is 22.7 Å². The van der Waals surface area contributed by atoms with E-state index in [4.69, 9.17) is 17.3 Å². The fourth-order valence-electron chi connectivity index (χ4n) is 0.909. The van der Waals surface area contributed by atoms with Crippen molar-refractivity contribution < 1.29 is 17.9 Å². The first-order chi connectivity index (χ1) is 6.31. The van der Waals surface area contributed by atoms with Crippen molar-refractivity contribution in [2.45, 2.75) is 13.3 Å². The van der Waals surface area contributed by atoms with E-state index in [0.717, 1.165) is 0 Å². The van der Waals surface area contributed by atoms with E-state index in [0.29, 0.717) is 0 Å². The average molecular weight is 226 g/mol. The lowest BCUT2D eigenvalue weighted by molar-refractivity contribution is -0.274. The molecule has 14 heavy (non-hydrogen) atoms. The van der Waals surface area contributed by atoms with E-state index in [9.17, 15) is 13.2 Å². The number of nitrogen functional groups attached to an aromatic ring is 1. The Balaban J connectivity index is 3.13. The Labute approximate surface area is 83.4 Å². The molecule has 0 saturated heterocycles. The van der Waals surface area contributed by atoms with Crippen LogP contribution in [0.15, 0.2) is 12.1 Å². The number of benzene rings is 1. The highest BCUT2D eigenvalue weighted by molar-refractivity contribution is 6.34. The molecule has 6 heteroatoms. The quantitative estimate of drug-likeness (QED) is 0.746. The van der Waals surface area contributed by atoms with Gasteiger partial charge in [0.05, 0.1) is 5.69 Å². The zero-order valence-corrected chi connectivity index (χ0v) is 7.91. The topological polar surface area (TPSA) is 35.2 Å². The number of ether oxygens (including phenoxy) is 1. The second-order valence-electron chi connectivity index (χ2n) is 2.66. The lowest BCUT2D eigenvalue weighted by atomic mass is 10.2. The van der Waals surface area contributed by atoms with Gasteiger partial charge in [-0.05, 0) is 18.6 Å². The minimum atomic E-state index is -4.76. The summed E-state index contributed by atoms with van der Waals surface area (Å²) < 4.78 is 39.5. The molecule has 1 rings (SSSR count). The van der Waals surface area contributed by atoms with Gasteiger partial charge in [-0.1, -0.05) is 17.7 Å². The lowest BCUT2D eigenvalue weighted by Gasteiger charge is -2.13. The number of hydrogen-bond donors (Lipinski definition) is 1. The minimum Gasteiger partial charge on any atom is -0.404 e. The normalized spacial score (nSPS) is 11.5. The van der Waals surface area contributed by atoms with Gasteiger partial charge in [0.2, 0.25) is 0 Å². The van der Waals surface area contributed by atoms with Gasteiger partial charge < -0.3 is 10.5 Å². The van der Waals surface area contributed by atoms with E-state index in [1.807, 2.05) is 0 Å². The second kappa shape index (κ2) is 3.57. The molecule has 0 heterocycles. The maximum atomic E-state index is 11.9. The molecule has 0 spiro atoms. The predicted molar refractivity (Wildman–Crippen MR) is 47.3 cm³/mol. The van der Waals surface area contributed by atoms with Crippen LogP contribution in [0.1, 0.15) is 5.56 Å². The van der Waals surface area contributed by atoms with E-state index >= 15 is 0 Å². The summed E-state index contributed by atoms with van der Waals surface area (Å²) in [5.41, 5.74) is 5.66. The highest BCUT2D eigenvalue weighted by Gasteiger charge is 2.33. The summed E-state index contributed by atoms with van der Waals surface area (Å²) in [5.74, 6) is -0.445. The molecule has 2 nitrogen and oxygen atoms in total. The third-order valence-electron chi connectivity index (χ3n) is 1.54. The zero-order chi connectivity index (χ0) is 10.9. The summed E-state index contributed by atoms with van der Waals surface area (Å²) in [6.07, 6.45) is -4.76. The number of aryl methyl sites for hydroxylation is 1. The number of anilines is 1. The van der Waals surface area contributed by atoms with Crippen LogP contribution in [0.5, 0.6) is 5.75 Å². The van der Waals surface area contributed by atoms with Gasteiger partial charge in [-0.3, -0.25) is 0 Å². The molecule has 2 N–H and O–H groups in total. The number of rotatable bonds is 1. The van der Waals surface area contributed by atoms with E-state index in [-0.39, 0.29) is 16.3 Å². The van der Waals surface area contributed by atoms with Crippen molar-refractivity contribution in [3.8, 4) is 5.75 Å². The lowest BCUT2D eigenvalue weighted by Crippen LogP contribution is -2.18. The van der Waals surface area contributed by atoms with Gasteiger partial charge in [0, 0.05) is 0 Å². The second-order valence-corrected chi connectivity index (χ2v) is 3.04. The highest BCUT2D eigenvalue weighted by Crippen LogP contribution is 2.36. The average Bonchev–Trinajstić information content (AvgIpc) is 2.04. The van der Waals surface area contributed by atoms with Crippen LogP contribution in [0.3, 0.4) is 0 Å². The molecule has 0 aromatic heterocycles. The monoisotopic (exact) mass is 225 g/mol. The third-order valence-corrected chi connectivity index (χ3v) is 1.93. The van der Waals surface area contributed by atoms with Crippen LogP contribution in [0.4, 0.5) is 18.9 Å². The Bertz CT molecular complexity index is 351. The highest BCUT2D eigenvalue weighted by atomic mass is 35.5. The Morgan fingerprint density at radius 1 is 1.36 bits per heavy atom. The molecular formula is C8H7ClF3NO. The van der Waals surface area contributed by atoms with Crippen molar-refractivity contribution in [3.63, 3.8) is 0 Å². The minimum absolute atomic E-state index is 0.0523. The number of nitrogens with two attached hydrogens (primary N) is 1. The maximum absolute atomic E-state index is 11.9. The zero-order valence-electron chi connectivity index (χ0n) is 7.15. The molecule has 0 amide bonds. The van der Waals surface area contributed by atoms with Crippen molar-refractivity contribution in [2.75, 3.05) is 5.73 Å². The summed E-state index contributed by atoms with van der Waals surface area (Å²) >= 11 is 5.55. The molecule has 0 aliphatic carbocycles. The molecular weight excluding hydrogens is 219 g/mol. The summed E-state index contributed by atoms with van der Waals surface area (Å²) in [5, 5.41) is -0.220. The summed E-state index contributed by atoms with van der Waals surface area (Å²) in [6.45, 7) is 1.45. The van der Waals surface area contributed by atoms with E-state index in [1.54, 1.807) is 0 Å².